The highest BCUT2D eigenvalue weighted by atomic mass is 16.5. The Labute approximate surface area is 173 Å². The summed E-state index contributed by atoms with van der Waals surface area (Å²) in [6.45, 7) is 1.68. The van der Waals surface area contributed by atoms with Gasteiger partial charge < -0.3 is 14.8 Å². The second-order valence-electron chi connectivity index (χ2n) is 6.44. The molecule has 1 heterocycles. The summed E-state index contributed by atoms with van der Waals surface area (Å²) in [6, 6.07) is 14.7. The molecule has 0 aliphatic heterocycles. The van der Waals surface area contributed by atoms with E-state index < -0.39 is 24.0 Å². The maximum Gasteiger partial charge on any atom is 0.341 e. The third-order valence-corrected chi connectivity index (χ3v) is 4.46. The third kappa shape index (κ3) is 4.54. The number of amides is 3. The van der Waals surface area contributed by atoms with Crippen molar-refractivity contribution in [3.05, 3.63) is 71.4 Å². The van der Waals surface area contributed by atoms with Crippen molar-refractivity contribution in [2.45, 2.75) is 13.0 Å². The van der Waals surface area contributed by atoms with Gasteiger partial charge in [-0.25, -0.2) is 9.59 Å². The summed E-state index contributed by atoms with van der Waals surface area (Å²) in [5.41, 5.74) is 1.77. The fourth-order valence-corrected chi connectivity index (χ4v) is 2.89. The van der Waals surface area contributed by atoms with E-state index in [2.05, 4.69) is 15.6 Å². The van der Waals surface area contributed by atoms with Gasteiger partial charge >= 0.3 is 12.0 Å². The van der Waals surface area contributed by atoms with E-state index in [1.54, 1.807) is 68.6 Å². The molecule has 2 N–H and O–H groups in total. The number of carbonyl (C=O) groups is 3. The van der Waals surface area contributed by atoms with E-state index in [0.717, 1.165) is 5.39 Å². The molecule has 3 aromatic rings. The lowest BCUT2D eigenvalue weighted by molar-refractivity contribution is -0.129. The molecule has 0 aliphatic carbocycles. The summed E-state index contributed by atoms with van der Waals surface area (Å²) < 4.78 is 10.7. The van der Waals surface area contributed by atoms with Crippen LogP contribution in [-0.4, -0.2) is 37.0 Å². The largest absolute Gasteiger partial charge is 0.497 e. The van der Waals surface area contributed by atoms with Crippen molar-refractivity contribution in [3.8, 4) is 5.75 Å². The number of urea groups is 1. The van der Waals surface area contributed by atoms with Crippen LogP contribution in [0.4, 0.5) is 4.79 Å². The molecule has 0 spiro atoms. The molecule has 3 rings (SSSR count). The first-order valence-electron chi connectivity index (χ1n) is 9.17. The summed E-state index contributed by atoms with van der Waals surface area (Å²) in [7, 11) is 2.94. The number of esters is 1. The number of carbonyl (C=O) groups excluding carboxylic acids is 3. The first kappa shape index (κ1) is 20.8. The van der Waals surface area contributed by atoms with Crippen molar-refractivity contribution in [2.75, 3.05) is 14.2 Å². The van der Waals surface area contributed by atoms with E-state index in [0.29, 0.717) is 22.5 Å². The molecule has 154 valence electrons. The predicted octanol–water partition coefficient (Wildman–Crippen LogP) is 2.91. The van der Waals surface area contributed by atoms with Crippen molar-refractivity contribution < 1.29 is 23.9 Å². The van der Waals surface area contributed by atoms with Gasteiger partial charge in [0.05, 0.1) is 23.9 Å². The molecule has 0 saturated heterocycles. The summed E-state index contributed by atoms with van der Waals surface area (Å²) in [5.74, 6) is -0.830. The van der Waals surface area contributed by atoms with Crippen molar-refractivity contribution in [3.63, 3.8) is 0 Å². The molecular formula is C22H21N3O5. The summed E-state index contributed by atoms with van der Waals surface area (Å²) in [4.78, 5) is 41.5. The lowest BCUT2D eigenvalue weighted by Crippen LogP contribution is -2.41. The number of hydrogen-bond acceptors (Lipinski definition) is 6. The van der Waals surface area contributed by atoms with E-state index in [1.807, 2.05) is 0 Å². The lowest BCUT2D eigenvalue weighted by atomic mass is 10.1. The van der Waals surface area contributed by atoms with Gasteiger partial charge in [0.25, 0.3) is 5.91 Å². The molecule has 3 amide bonds. The van der Waals surface area contributed by atoms with Crippen LogP contribution >= 0.6 is 0 Å². The van der Waals surface area contributed by atoms with Crippen LogP contribution in [0.15, 0.2) is 54.6 Å². The van der Waals surface area contributed by atoms with Crippen molar-refractivity contribution in [1.29, 1.82) is 0 Å². The topological polar surface area (TPSA) is 107 Å². The van der Waals surface area contributed by atoms with Crippen LogP contribution in [-0.2, 0) is 9.53 Å². The number of nitrogens with one attached hydrogen (secondary N) is 2. The standard InChI is InChI=1S/C22H21N3O5/c1-13-17(11-15-9-10-16(29-3)12-18(15)24-13)21(27)30-19(14-7-5-4-6-8-14)20(26)25-22(28)23-2/h4-12,19H,1-3H3,(H2,23,25,26,28). The fourth-order valence-electron chi connectivity index (χ4n) is 2.89. The van der Waals surface area contributed by atoms with Crippen LogP contribution in [0.25, 0.3) is 10.9 Å². The number of ether oxygens (including phenoxy) is 2. The Kier molecular flexibility index (Phi) is 6.26. The number of methoxy groups -OCH3 is 1. The second-order valence-corrected chi connectivity index (χ2v) is 6.44. The van der Waals surface area contributed by atoms with E-state index >= 15 is 0 Å². The number of pyridine rings is 1. The van der Waals surface area contributed by atoms with E-state index in [4.69, 9.17) is 9.47 Å². The smallest absolute Gasteiger partial charge is 0.341 e. The van der Waals surface area contributed by atoms with Crippen LogP contribution < -0.4 is 15.4 Å². The van der Waals surface area contributed by atoms with Gasteiger partial charge in [-0.1, -0.05) is 30.3 Å². The van der Waals surface area contributed by atoms with Gasteiger partial charge in [0.1, 0.15) is 5.75 Å². The maximum absolute atomic E-state index is 12.9. The number of rotatable bonds is 5. The van der Waals surface area contributed by atoms with Crippen LogP contribution in [0.2, 0.25) is 0 Å². The van der Waals surface area contributed by atoms with Gasteiger partial charge in [-0.3, -0.25) is 15.1 Å². The zero-order chi connectivity index (χ0) is 21.7. The van der Waals surface area contributed by atoms with E-state index in [1.165, 1.54) is 7.05 Å². The molecule has 0 saturated carbocycles. The highest BCUT2D eigenvalue weighted by Gasteiger charge is 2.28. The Balaban J connectivity index is 1.92. The normalized spacial score (nSPS) is 11.4. The summed E-state index contributed by atoms with van der Waals surface area (Å²) in [6.07, 6.45) is -1.30. The minimum atomic E-state index is -1.30. The van der Waals surface area contributed by atoms with Crippen molar-refractivity contribution >= 4 is 28.8 Å². The van der Waals surface area contributed by atoms with Crippen molar-refractivity contribution in [1.82, 2.24) is 15.6 Å². The molecule has 2 aromatic carbocycles. The average Bonchev–Trinajstić information content (AvgIpc) is 2.76. The molecule has 0 fully saturated rings. The maximum atomic E-state index is 12.9. The molecule has 8 nitrogen and oxygen atoms in total. The Bertz CT molecular complexity index is 1100. The number of benzene rings is 2. The van der Waals surface area contributed by atoms with Gasteiger partial charge in [0.2, 0.25) is 6.10 Å². The summed E-state index contributed by atoms with van der Waals surface area (Å²) >= 11 is 0. The molecule has 30 heavy (non-hydrogen) atoms. The van der Waals surface area contributed by atoms with E-state index in [-0.39, 0.29) is 5.56 Å². The highest BCUT2D eigenvalue weighted by molar-refractivity contribution is 6.00. The minimum Gasteiger partial charge on any atom is -0.497 e. The van der Waals surface area contributed by atoms with E-state index in [9.17, 15) is 14.4 Å². The number of nitrogens with zero attached hydrogens (tertiary/aromatic N) is 1. The molecule has 1 aromatic heterocycles. The lowest BCUT2D eigenvalue weighted by Gasteiger charge is -2.18. The first-order valence-corrected chi connectivity index (χ1v) is 9.17. The number of aryl methyl sites for hydroxylation is 1. The van der Waals surface area contributed by atoms with Crippen LogP contribution in [0, 0.1) is 6.92 Å². The Morgan fingerprint density at radius 3 is 2.43 bits per heavy atom. The van der Waals surface area contributed by atoms with Crippen LogP contribution in [0.3, 0.4) is 0 Å². The first-order chi connectivity index (χ1) is 14.4. The molecule has 0 aliphatic rings. The number of imide groups is 1. The molecule has 0 bridgehead atoms. The monoisotopic (exact) mass is 407 g/mol. The Morgan fingerprint density at radius 2 is 1.77 bits per heavy atom. The van der Waals surface area contributed by atoms with Crippen LogP contribution in [0.1, 0.15) is 27.7 Å². The average molecular weight is 407 g/mol. The number of fused-ring (bicyclic) bond motifs is 1. The van der Waals surface area contributed by atoms with Crippen molar-refractivity contribution in [2.24, 2.45) is 0 Å². The second kappa shape index (κ2) is 9.04. The molecule has 1 atom stereocenters. The van der Waals surface area contributed by atoms with Gasteiger partial charge in [-0.2, -0.15) is 0 Å². The van der Waals surface area contributed by atoms with Gasteiger partial charge in [0.15, 0.2) is 0 Å². The minimum absolute atomic E-state index is 0.223. The van der Waals surface area contributed by atoms with Crippen LogP contribution in [0.5, 0.6) is 5.75 Å². The third-order valence-electron chi connectivity index (χ3n) is 4.46. The Hall–Kier alpha value is -3.94. The van der Waals surface area contributed by atoms with Gasteiger partial charge in [-0.05, 0) is 25.1 Å². The zero-order valence-electron chi connectivity index (χ0n) is 16.8. The molecule has 8 heteroatoms. The fraction of sp³-hybridized carbons (Fsp3) is 0.182. The Morgan fingerprint density at radius 1 is 1.03 bits per heavy atom. The number of aromatic nitrogens is 1. The molecular weight excluding hydrogens is 386 g/mol. The quantitative estimate of drug-likeness (QED) is 0.630. The molecule has 1 unspecified atom stereocenters. The van der Waals surface area contributed by atoms with Gasteiger partial charge in [0, 0.05) is 24.1 Å². The SMILES string of the molecule is CNC(=O)NC(=O)C(OC(=O)c1cc2ccc(OC)cc2nc1C)c1ccccc1. The predicted molar refractivity (Wildman–Crippen MR) is 110 cm³/mol. The highest BCUT2D eigenvalue weighted by Crippen LogP contribution is 2.24. The number of hydrogen-bond donors (Lipinski definition) is 2. The summed E-state index contributed by atoms with van der Waals surface area (Å²) in [5, 5.41) is 5.16. The zero-order valence-corrected chi connectivity index (χ0v) is 16.8. The molecule has 0 radical (unpaired) electrons. The van der Waals surface area contributed by atoms with Gasteiger partial charge in [-0.15, -0.1) is 0 Å².